The molecule has 1 N–H and O–H groups in total. The van der Waals surface area contributed by atoms with Crippen molar-refractivity contribution < 1.29 is 0 Å². The number of hydrogen-bond donors (Lipinski definition) is 1. The summed E-state index contributed by atoms with van der Waals surface area (Å²) < 4.78 is 1.97. The van der Waals surface area contributed by atoms with Gasteiger partial charge in [0.25, 0.3) is 0 Å². The fraction of sp³-hybridized carbons (Fsp3) is 0.727. The lowest BCUT2D eigenvalue weighted by Gasteiger charge is -2.16. The molecule has 14 heavy (non-hydrogen) atoms. The zero-order valence-electron chi connectivity index (χ0n) is 9.03. The zero-order chi connectivity index (χ0) is 9.97. The summed E-state index contributed by atoms with van der Waals surface area (Å²) in [4.78, 5) is 0. The molecule has 1 aromatic rings. The van der Waals surface area contributed by atoms with Gasteiger partial charge in [-0.1, -0.05) is 12.8 Å². The highest BCUT2D eigenvalue weighted by atomic mass is 15.3. The maximum Gasteiger partial charge on any atom is 0.0550 e. The van der Waals surface area contributed by atoms with E-state index in [-0.39, 0.29) is 0 Å². The van der Waals surface area contributed by atoms with Gasteiger partial charge in [-0.05, 0) is 31.9 Å². The molecular weight excluding hydrogens is 174 g/mol. The topological polar surface area (TPSA) is 29.9 Å². The Bertz CT molecular complexity index is 288. The van der Waals surface area contributed by atoms with Crippen LogP contribution in [0.1, 0.15) is 37.4 Å². The van der Waals surface area contributed by atoms with Gasteiger partial charge < -0.3 is 5.32 Å². The van der Waals surface area contributed by atoms with Gasteiger partial charge in [-0.15, -0.1) is 0 Å². The van der Waals surface area contributed by atoms with Crippen molar-refractivity contribution in [2.75, 3.05) is 7.05 Å². The first-order chi connectivity index (χ1) is 6.81. The average Bonchev–Trinajstić information content (AvgIpc) is 2.92. The fourth-order valence-corrected chi connectivity index (χ4v) is 1.97. The molecule has 1 aromatic heterocycles. The van der Waals surface area contributed by atoms with E-state index in [1.807, 2.05) is 25.0 Å². The molecule has 1 atom stereocenters. The van der Waals surface area contributed by atoms with Crippen molar-refractivity contribution in [3.05, 3.63) is 18.0 Å². The molecule has 2 rings (SSSR count). The number of aromatic nitrogens is 2. The minimum Gasteiger partial charge on any atom is -0.312 e. The summed E-state index contributed by atoms with van der Waals surface area (Å²) >= 11 is 0. The Labute approximate surface area is 85.5 Å². The number of nitrogens with one attached hydrogen (secondary N) is 1. The van der Waals surface area contributed by atoms with Crippen LogP contribution in [0.4, 0.5) is 0 Å². The highest BCUT2D eigenvalue weighted by Gasteiger charge is 2.23. The second-order valence-corrected chi connectivity index (χ2v) is 4.24. The van der Waals surface area contributed by atoms with Gasteiger partial charge in [0.2, 0.25) is 0 Å². The quantitative estimate of drug-likeness (QED) is 0.773. The summed E-state index contributed by atoms with van der Waals surface area (Å²) in [6.07, 6.45) is 7.36. The smallest absolute Gasteiger partial charge is 0.0550 e. The molecule has 0 aliphatic heterocycles. The molecule has 0 spiro atoms. The SMILES string of the molecule is CNC(CCC1CC1)c1ccnn1C. The molecule has 1 heterocycles. The molecule has 0 aromatic carbocycles. The zero-order valence-corrected chi connectivity index (χ0v) is 9.03. The molecule has 0 bridgehead atoms. The lowest BCUT2D eigenvalue weighted by molar-refractivity contribution is 0.475. The first-order valence-corrected chi connectivity index (χ1v) is 5.46. The van der Waals surface area contributed by atoms with E-state index >= 15 is 0 Å². The summed E-state index contributed by atoms with van der Waals surface area (Å²) in [5.41, 5.74) is 1.30. The van der Waals surface area contributed by atoms with E-state index in [0.717, 1.165) is 5.92 Å². The molecule has 1 fully saturated rings. The van der Waals surface area contributed by atoms with E-state index in [9.17, 15) is 0 Å². The minimum atomic E-state index is 0.475. The average molecular weight is 193 g/mol. The van der Waals surface area contributed by atoms with Crippen LogP contribution < -0.4 is 5.32 Å². The van der Waals surface area contributed by atoms with Gasteiger partial charge >= 0.3 is 0 Å². The number of hydrogen-bond acceptors (Lipinski definition) is 2. The summed E-state index contributed by atoms with van der Waals surface area (Å²) in [5, 5.41) is 7.57. The van der Waals surface area contributed by atoms with E-state index in [2.05, 4.69) is 16.5 Å². The van der Waals surface area contributed by atoms with Crippen molar-refractivity contribution in [1.82, 2.24) is 15.1 Å². The maximum absolute atomic E-state index is 4.20. The molecule has 0 radical (unpaired) electrons. The van der Waals surface area contributed by atoms with Crippen LogP contribution in [0.3, 0.4) is 0 Å². The van der Waals surface area contributed by atoms with Crippen molar-refractivity contribution in [3.8, 4) is 0 Å². The number of nitrogens with zero attached hydrogens (tertiary/aromatic N) is 2. The molecule has 3 nitrogen and oxygen atoms in total. The Morgan fingerprint density at radius 2 is 2.43 bits per heavy atom. The Hall–Kier alpha value is -0.830. The summed E-state index contributed by atoms with van der Waals surface area (Å²) in [5.74, 6) is 1.01. The van der Waals surface area contributed by atoms with Gasteiger partial charge in [0.15, 0.2) is 0 Å². The van der Waals surface area contributed by atoms with Crippen molar-refractivity contribution in [3.63, 3.8) is 0 Å². The third-order valence-electron chi connectivity index (χ3n) is 3.12. The van der Waals surface area contributed by atoms with Crippen LogP contribution in [-0.4, -0.2) is 16.8 Å². The predicted molar refractivity (Wildman–Crippen MR) is 57.0 cm³/mol. The fourth-order valence-electron chi connectivity index (χ4n) is 1.97. The van der Waals surface area contributed by atoms with Crippen molar-refractivity contribution in [2.24, 2.45) is 13.0 Å². The van der Waals surface area contributed by atoms with Crippen LogP contribution >= 0.6 is 0 Å². The van der Waals surface area contributed by atoms with Gasteiger partial charge in [-0.2, -0.15) is 5.10 Å². The van der Waals surface area contributed by atoms with Gasteiger partial charge in [-0.25, -0.2) is 0 Å². The first kappa shape index (κ1) is 9.71. The molecule has 3 heteroatoms. The highest BCUT2D eigenvalue weighted by molar-refractivity contribution is 5.06. The second-order valence-electron chi connectivity index (χ2n) is 4.24. The Balaban J connectivity index is 1.93. The summed E-state index contributed by atoms with van der Waals surface area (Å²) in [7, 11) is 4.04. The highest BCUT2D eigenvalue weighted by Crippen LogP contribution is 2.35. The van der Waals surface area contributed by atoms with Crippen LogP contribution in [0.25, 0.3) is 0 Å². The van der Waals surface area contributed by atoms with E-state index in [0.29, 0.717) is 6.04 Å². The van der Waals surface area contributed by atoms with Crippen LogP contribution in [-0.2, 0) is 7.05 Å². The Kier molecular flexibility index (Phi) is 2.87. The van der Waals surface area contributed by atoms with Gasteiger partial charge in [0.1, 0.15) is 0 Å². The first-order valence-electron chi connectivity index (χ1n) is 5.46. The molecule has 0 amide bonds. The molecule has 1 aliphatic carbocycles. The summed E-state index contributed by atoms with van der Waals surface area (Å²) in [6.45, 7) is 0. The third kappa shape index (κ3) is 2.15. The normalized spacial score (nSPS) is 18.4. The number of aryl methyl sites for hydroxylation is 1. The second kappa shape index (κ2) is 4.13. The van der Waals surface area contributed by atoms with E-state index < -0.39 is 0 Å². The van der Waals surface area contributed by atoms with Crippen molar-refractivity contribution in [2.45, 2.75) is 31.7 Å². The molecule has 1 aliphatic rings. The lowest BCUT2D eigenvalue weighted by Crippen LogP contribution is -2.19. The minimum absolute atomic E-state index is 0.475. The monoisotopic (exact) mass is 193 g/mol. The van der Waals surface area contributed by atoms with Crippen molar-refractivity contribution in [1.29, 1.82) is 0 Å². The molecule has 1 unspecified atom stereocenters. The van der Waals surface area contributed by atoms with Gasteiger partial charge in [0.05, 0.1) is 5.69 Å². The van der Waals surface area contributed by atoms with E-state index in [1.54, 1.807) is 0 Å². The van der Waals surface area contributed by atoms with E-state index in [1.165, 1.54) is 31.4 Å². The molecule has 0 saturated heterocycles. The standard InChI is InChI=1S/C11H19N3/c1-12-10(6-5-9-3-4-9)11-7-8-13-14(11)2/h7-10,12H,3-6H2,1-2H3. The van der Waals surface area contributed by atoms with Gasteiger partial charge in [-0.3, -0.25) is 4.68 Å². The lowest BCUT2D eigenvalue weighted by atomic mass is 10.1. The van der Waals surface area contributed by atoms with Crippen LogP contribution in [0.15, 0.2) is 12.3 Å². The molecule has 78 valence electrons. The van der Waals surface area contributed by atoms with Crippen LogP contribution in [0.2, 0.25) is 0 Å². The summed E-state index contributed by atoms with van der Waals surface area (Å²) in [6, 6.07) is 2.58. The third-order valence-corrected chi connectivity index (χ3v) is 3.12. The largest absolute Gasteiger partial charge is 0.312 e. The van der Waals surface area contributed by atoms with Gasteiger partial charge in [0, 0.05) is 19.3 Å². The Morgan fingerprint density at radius 1 is 1.64 bits per heavy atom. The predicted octanol–water partition coefficient (Wildman–Crippen LogP) is 1.87. The maximum atomic E-state index is 4.20. The van der Waals surface area contributed by atoms with E-state index in [4.69, 9.17) is 0 Å². The van der Waals surface area contributed by atoms with Crippen LogP contribution in [0, 0.1) is 5.92 Å². The van der Waals surface area contributed by atoms with Crippen molar-refractivity contribution >= 4 is 0 Å². The Morgan fingerprint density at radius 3 is 2.93 bits per heavy atom. The molecular formula is C11H19N3. The van der Waals surface area contributed by atoms with Crippen LogP contribution in [0.5, 0.6) is 0 Å². The number of rotatable bonds is 5. The molecule has 1 saturated carbocycles.